The molecule has 0 unspecified atom stereocenters. The summed E-state index contributed by atoms with van der Waals surface area (Å²) >= 11 is 0. The molecule has 1 aromatic carbocycles. The molecule has 3 rings (SSSR count). The Balaban J connectivity index is 1.67. The Morgan fingerprint density at radius 1 is 1.11 bits per heavy atom. The van der Waals surface area contributed by atoms with Crippen LogP contribution in [0.2, 0.25) is 0 Å². The minimum Gasteiger partial charge on any atom is -0.449 e. The van der Waals surface area contributed by atoms with Crippen molar-refractivity contribution in [2.75, 3.05) is 7.05 Å². The number of fused-ring (bicyclic) bond motifs is 1. The first-order valence-corrected chi connectivity index (χ1v) is 9.98. The molecule has 2 aliphatic rings. The minimum atomic E-state index is -0.911. The zero-order chi connectivity index (χ0) is 19.4. The van der Waals surface area contributed by atoms with Gasteiger partial charge in [-0.3, -0.25) is 4.79 Å². The van der Waals surface area contributed by atoms with Gasteiger partial charge in [-0.05, 0) is 68.7 Å². The van der Waals surface area contributed by atoms with Gasteiger partial charge in [0.2, 0.25) is 0 Å². The van der Waals surface area contributed by atoms with Crippen molar-refractivity contribution in [3.63, 3.8) is 0 Å². The molecule has 5 heteroatoms. The van der Waals surface area contributed by atoms with Crippen molar-refractivity contribution >= 4 is 11.9 Å². The van der Waals surface area contributed by atoms with Crippen molar-refractivity contribution in [2.24, 2.45) is 0 Å². The first-order valence-electron chi connectivity index (χ1n) is 9.98. The average molecular weight is 368 g/mol. The molecule has 0 aromatic heterocycles. The van der Waals surface area contributed by atoms with Crippen molar-refractivity contribution in [3.05, 3.63) is 34.9 Å². The van der Waals surface area contributed by atoms with E-state index >= 15 is 0 Å². The van der Waals surface area contributed by atoms with Crippen LogP contribution < -0.4 is 0 Å². The maximum Gasteiger partial charge on any atom is 0.338 e. The Kier molecular flexibility index (Phi) is 5.84. The SMILES string of the molecule is C[C@H](OC(=O)c1ccc2c(c1)CCCC2)C(=O)N(C)C1(C#N)CCCCC1. The van der Waals surface area contributed by atoms with Gasteiger partial charge in [0, 0.05) is 7.05 Å². The van der Waals surface area contributed by atoms with E-state index in [4.69, 9.17) is 4.74 Å². The number of aryl methyl sites for hydroxylation is 2. The second kappa shape index (κ2) is 8.12. The summed E-state index contributed by atoms with van der Waals surface area (Å²) < 4.78 is 5.45. The molecule has 1 atom stereocenters. The van der Waals surface area contributed by atoms with Crippen LogP contribution in [0.3, 0.4) is 0 Å². The predicted octanol–water partition coefficient (Wildman–Crippen LogP) is 3.80. The number of esters is 1. The number of amides is 1. The van der Waals surface area contributed by atoms with Crippen LogP contribution in [0.5, 0.6) is 0 Å². The Labute approximate surface area is 161 Å². The Morgan fingerprint density at radius 2 is 1.78 bits per heavy atom. The van der Waals surface area contributed by atoms with Crippen molar-refractivity contribution in [2.45, 2.75) is 76.4 Å². The molecule has 0 bridgehead atoms. The monoisotopic (exact) mass is 368 g/mol. The summed E-state index contributed by atoms with van der Waals surface area (Å²) in [6.45, 7) is 1.59. The number of nitrogens with zero attached hydrogens (tertiary/aromatic N) is 2. The van der Waals surface area contributed by atoms with Crippen molar-refractivity contribution < 1.29 is 14.3 Å². The van der Waals surface area contributed by atoms with E-state index in [-0.39, 0.29) is 5.91 Å². The smallest absolute Gasteiger partial charge is 0.338 e. The molecule has 1 fully saturated rings. The first kappa shape index (κ1) is 19.4. The topological polar surface area (TPSA) is 70.4 Å². The first-order chi connectivity index (χ1) is 13.0. The largest absolute Gasteiger partial charge is 0.449 e. The second-order valence-electron chi connectivity index (χ2n) is 7.84. The molecule has 0 spiro atoms. The molecule has 5 nitrogen and oxygen atoms in total. The molecule has 1 aromatic rings. The molecule has 0 saturated heterocycles. The maximum atomic E-state index is 12.8. The molecule has 0 radical (unpaired) electrons. The lowest BCUT2D eigenvalue weighted by Gasteiger charge is -2.39. The van der Waals surface area contributed by atoms with E-state index in [0.29, 0.717) is 18.4 Å². The molecule has 0 aliphatic heterocycles. The fourth-order valence-electron chi connectivity index (χ4n) is 4.28. The van der Waals surface area contributed by atoms with Crippen LogP contribution >= 0.6 is 0 Å². The predicted molar refractivity (Wildman–Crippen MR) is 102 cm³/mol. The summed E-state index contributed by atoms with van der Waals surface area (Å²) in [5.74, 6) is -0.794. The summed E-state index contributed by atoms with van der Waals surface area (Å²) in [6.07, 6.45) is 7.78. The second-order valence-corrected chi connectivity index (χ2v) is 7.84. The molecule has 27 heavy (non-hydrogen) atoms. The van der Waals surface area contributed by atoms with Crippen molar-refractivity contribution in [1.29, 1.82) is 5.26 Å². The highest BCUT2D eigenvalue weighted by Crippen LogP contribution is 2.33. The lowest BCUT2D eigenvalue weighted by molar-refractivity contribution is -0.143. The minimum absolute atomic E-state index is 0.315. The Morgan fingerprint density at radius 3 is 2.44 bits per heavy atom. The van der Waals surface area contributed by atoms with Gasteiger partial charge in [-0.25, -0.2) is 4.79 Å². The third kappa shape index (κ3) is 4.00. The van der Waals surface area contributed by atoms with Crippen molar-refractivity contribution in [3.8, 4) is 6.07 Å². The maximum absolute atomic E-state index is 12.8. The van der Waals surface area contributed by atoms with Gasteiger partial charge in [-0.2, -0.15) is 5.26 Å². The van der Waals surface area contributed by atoms with E-state index < -0.39 is 17.6 Å². The molecule has 144 valence electrons. The highest BCUT2D eigenvalue weighted by Gasteiger charge is 2.40. The van der Waals surface area contributed by atoms with Crippen LogP contribution in [-0.4, -0.2) is 35.5 Å². The number of carbonyl (C=O) groups is 2. The quantitative estimate of drug-likeness (QED) is 0.758. The van der Waals surface area contributed by atoms with Gasteiger partial charge in [0.25, 0.3) is 5.91 Å². The third-order valence-corrected chi connectivity index (χ3v) is 6.08. The highest BCUT2D eigenvalue weighted by molar-refractivity contribution is 5.92. The van der Waals surface area contributed by atoms with E-state index in [1.807, 2.05) is 12.1 Å². The summed E-state index contributed by atoms with van der Waals surface area (Å²) in [7, 11) is 1.65. The van der Waals surface area contributed by atoms with Gasteiger partial charge < -0.3 is 9.64 Å². The molecule has 0 N–H and O–H groups in total. The molecular formula is C22H28N2O3. The van der Waals surface area contributed by atoms with Crippen molar-refractivity contribution in [1.82, 2.24) is 4.90 Å². The Bertz CT molecular complexity index is 759. The van der Waals surface area contributed by atoms with Crippen LogP contribution in [-0.2, 0) is 22.4 Å². The van der Waals surface area contributed by atoms with Gasteiger partial charge in [-0.1, -0.05) is 25.3 Å². The number of likely N-dealkylation sites (N-methyl/N-ethyl adjacent to an activating group) is 1. The summed E-state index contributed by atoms with van der Waals surface area (Å²) in [6, 6.07) is 8.01. The van der Waals surface area contributed by atoms with E-state index in [1.165, 1.54) is 22.4 Å². The van der Waals surface area contributed by atoms with Crippen LogP contribution in [0.4, 0.5) is 0 Å². The number of nitriles is 1. The normalized spacial score (nSPS) is 19.3. The lowest BCUT2D eigenvalue weighted by atomic mass is 9.81. The average Bonchev–Trinajstić information content (AvgIpc) is 2.72. The highest BCUT2D eigenvalue weighted by atomic mass is 16.5. The standard InChI is InChI=1S/C22H28N2O3/c1-16(20(25)24(2)22(15-23)12-6-3-7-13-22)27-21(26)19-11-10-17-8-4-5-9-18(17)14-19/h10-11,14,16H,3-9,12-13H2,1-2H3/t16-/m0/s1. The van der Waals surface area contributed by atoms with Gasteiger partial charge in [0.1, 0.15) is 5.54 Å². The number of hydrogen-bond acceptors (Lipinski definition) is 4. The number of ether oxygens (including phenoxy) is 1. The number of benzene rings is 1. The van der Waals surface area contributed by atoms with Crippen LogP contribution in [0, 0.1) is 11.3 Å². The third-order valence-electron chi connectivity index (χ3n) is 6.08. The van der Waals surface area contributed by atoms with Crippen LogP contribution in [0.15, 0.2) is 18.2 Å². The fourth-order valence-corrected chi connectivity index (χ4v) is 4.28. The van der Waals surface area contributed by atoms with Gasteiger partial charge in [0.15, 0.2) is 6.10 Å². The summed E-state index contributed by atoms with van der Waals surface area (Å²) in [5.41, 5.74) is 2.22. The zero-order valence-electron chi connectivity index (χ0n) is 16.3. The van der Waals surface area contributed by atoms with E-state index in [2.05, 4.69) is 6.07 Å². The molecule has 0 heterocycles. The zero-order valence-corrected chi connectivity index (χ0v) is 16.3. The molecule has 1 saturated carbocycles. The van der Waals surface area contributed by atoms with Crippen LogP contribution in [0.1, 0.15) is 73.4 Å². The molecule has 2 aliphatic carbocycles. The Hall–Kier alpha value is -2.35. The fraction of sp³-hybridized carbons (Fsp3) is 0.591. The van der Waals surface area contributed by atoms with Crippen LogP contribution in [0.25, 0.3) is 0 Å². The number of hydrogen-bond donors (Lipinski definition) is 0. The summed E-state index contributed by atoms with van der Waals surface area (Å²) in [4.78, 5) is 26.8. The van der Waals surface area contributed by atoms with Gasteiger partial charge in [-0.15, -0.1) is 0 Å². The molecule has 1 amide bonds. The van der Waals surface area contributed by atoms with Gasteiger partial charge in [0.05, 0.1) is 11.6 Å². The lowest BCUT2D eigenvalue weighted by Crippen LogP contribution is -2.53. The van der Waals surface area contributed by atoms with E-state index in [0.717, 1.165) is 38.5 Å². The van der Waals surface area contributed by atoms with E-state index in [1.54, 1.807) is 20.0 Å². The summed E-state index contributed by atoms with van der Waals surface area (Å²) in [5, 5.41) is 9.66. The van der Waals surface area contributed by atoms with Gasteiger partial charge >= 0.3 is 5.97 Å². The number of carbonyl (C=O) groups excluding carboxylic acids is 2. The number of rotatable bonds is 4. The molecular weight excluding hydrogens is 340 g/mol. The van der Waals surface area contributed by atoms with E-state index in [9.17, 15) is 14.9 Å².